The molecule has 0 spiro atoms. The number of ether oxygens (including phenoxy) is 1. The maximum atomic E-state index is 11.2. The summed E-state index contributed by atoms with van der Waals surface area (Å²) in [6, 6.07) is 3.13. The topological polar surface area (TPSA) is 85.9 Å². The molecular formula is C10H15N3O2. The fraction of sp³-hybridized carbons (Fsp3) is 0.700. The summed E-state index contributed by atoms with van der Waals surface area (Å²) in [7, 11) is 0. The van der Waals surface area contributed by atoms with E-state index in [4.69, 9.17) is 15.3 Å². The van der Waals surface area contributed by atoms with Crippen molar-refractivity contribution in [3.8, 4) is 12.1 Å². The van der Waals surface area contributed by atoms with Crippen LogP contribution in [-0.2, 0) is 4.74 Å². The Kier molecular flexibility index (Phi) is 5.19. The van der Waals surface area contributed by atoms with Crippen LogP contribution in [0, 0.1) is 22.7 Å². The van der Waals surface area contributed by atoms with Gasteiger partial charge in [0.15, 0.2) is 0 Å². The average molecular weight is 209 g/mol. The molecule has 0 bridgehead atoms. The van der Waals surface area contributed by atoms with Crippen LogP contribution in [-0.4, -0.2) is 17.7 Å². The molecule has 0 fully saturated rings. The van der Waals surface area contributed by atoms with Crippen LogP contribution in [0.2, 0.25) is 0 Å². The minimum absolute atomic E-state index is 0.230. The molecule has 0 aliphatic rings. The van der Waals surface area contributed by atoms with Crippen molar-refractivity contribution in [2.45, 2.75) is 45.3 Å². The van der Waals surface area contributed by atoms with Crippen LogP contribution in [0.25, 0.3) is 0 Å². The molecule has 0 aliphatic heterocycles. The fourth-order valence-electron chi connectivity index (χ4n) is 0.828. The molecule has 0 aromatic rings. The minimum atomic E-state index is -0.667. The van der Waals surface area contributed by atoms with Gasteiger partial charge in [-0.15, -0.1) is 0 Å². The second-order valence-corrected chi connectivity index (χ2v) is 4.02. The van der Waals surface area contributed by atoms with Gasteiger partial charge in [-0.25, -0.2) is 4.79 Å². The van der Waals surface area contributed by atoms with Crippen LogP contribution in [0.3, 0.4) is 0 Å². The van der Waals surface area contributed by atoms with E-state index < -0.39 is 17.7 Å². The van der Waals surface area contributed by atoms with E-state index in [1.807, 2.05) is 12.1 Å². The van der Waals surface area contributed by atoms with Crippen molar-refractivity contribution in [3.63, 3.8) is 0 Å². The zero-order chi connectivity index (χ0) is 11.9. The van der Waals surface area contributed by atoms with E-state index >= 15 is 0 Å². The Bertz CT molecular complexity index is 293. The van der Waals surface area contributed by atoms with E-state index in [-0.39, 0.29) is 6.42 Å². The van der Waals surface area contributed by atoms with Gasteiger partial charge in [-0.3, -0.25) is 0 Å². The van der Waals surface area contributed by atoms with Crippen LogP contribution in [0.15, 0.2) is 0 Å². The van der Waals surface area contributed by atoms with Gasteiger partial charge in [-0.05, 0) is 27.2 Å². The molecule has 0 aliphatic carbocycles. The Morgan fingerprint density at radius 1 is 1.47 bits per heavy atom. The zero-order valence-corrected chi connectivity index (χ0v) is 9.20. The Morgan fingerprint density at radius 3 is 2.47 bits per heavy atom. The smallest absolute Gasteiger partial charge is 0.408 e. The highest BCUT2D eigenvalue weighted by molar-refractivity contribution is 5.68. The summed E-state index contributed by atoms with van der Waals surface area (Å²) in [4.78, 5) is 11.2. The van der Waals surface area contributed by atoms with Gasteiger partial charge in [0.25, 0.3) is 0 Å². The largest absolute Gasteiger partial charge is 0.444 e. The minimum Gasteiger partial charge on any atom is -0.444 e. The lowest BCUT2D eigenvalue weighted by atomic mass is 10.2. The predicted octanol–water partition coefficient (Wildman–Crippen LogP) is 1.71. The van der Waals surface area contributed by atoms with Gasteiger partial charge in [-0.1, -0.05) is 0 Å². The van der Waals surface area contributed by atoms with Crippen LogP contribution in [0.4, 0.5) is 4.79 Å². The standard InChI is InChI=1S/C10H15N3O2/c1-10(2,3)15-9(14)13-8(7-12)5-4-6-11/h8H,4-5H2,1-3H3,(H,13,14). The Hall–Kier alpha value is -1.75. The second-order valence-electron chi connectivity index (χ2n) is 4.02. The van der Waals surface area contributed by atoms with Gasteiger partial charge in [-0.2, -0.15) is 10.5 Å². The number of rotatable bonds is 3. The first-order valence-electron chi connectivity index (χ1n) is 4.65. The molecule has 1 N–H and O–H groups in total. The number of carbonyl (C=O) groups is 1. The first-order chi connectivity index (χ1) is 6.89. The van der Waals surface area contributed by atoms with Gasteiger partial charge in [0.2, 0.25) is 0 Å². The summed E-state index contributed by atoms with van der Waals surface area (Å²) in [5, 5.41) is 19.4. The third-order valence-electron chi connectivity index (χ3n) is 1.39. The first-order valence-corrected chi connectivity index (χ1v) is 4.65. The molecule has 82 valence electrons. The molecule has 0 heterocycles. The van der Waals surface area contributed by atoms with Crippen molar-refractivity contribution >= 4 is 6.09 Å². The number of amides is 1. The third kappa shape index (κ3) is 7.33. The summed E-state index contributed by atoms with van der Waals surface area (Å²) in [6.45, 7) is 5.22. The summed E-state index contributed by atoms with van der Waals surface area (Å²) in [5.41, 5.74) is -0.584. The molecule has 1 amide bonds. The zero-order valence-electron chi connectivity index (χ0n) is 9.20. The van der Waals surface area contributed by atoms with Gasteiger partial charge in [0.1, 0.15) is 11.6 Å². The normalized spacial score (nSPS) is 12.1. The van der Waals surface area contributed by atoms with Gasteiger partial charge in [0.05, 0.1) is 12.1 Å². The van der Waals surface area contributed by atoms with Gasteiger partial charge >= 0.3 is 6.09 Å². The van der Waals surface area contributed by atoms with Crippen LogP contribution < -0.4 is 5.32 Å². The lowest BCUT2D eigenvalue weighted by molar-refractivity contribution is 0.0514. The van der Waals surface area contributed by atoms with Crippen LogP contribution >= 0.6 is 0 Å². The van der Waals surface area contributed by atoms with Crippen molar-refractivity contribution in [3.05, 3.63) is 0 Å². The SMILES string of the molecule is CC(C)(C)OC(=O)NC(C#N)CCC#N. The molecule has 0 radical (unpaired) electrons. The van der Waals surface area contributed by atoms with Crippen LogP contribution in [0.5, 0.6) is 0 Å². The van der Waals surface area contributed by atoms with E-state index in [9.17, 15) is 4.79 Å². The molecule has 1 unspecified atom stereocenters. The highest BCUT2D eigenvalue weighted by atomic mass is 16.6. The van der Waals surface area contributed by atoms with E-state index in [2.05, 4.69) is 5.32 Å². The molecule has 0 aromatic heterocycles. The van der Waals surface area contributed by atoms with Crippen molar-refractivity contribution in [1.29, 1.82) is 10.5 Å². The number of nitrogens with zero attached hydrogens (tertiary/aromatic N) is 2. The van der Waals surface area contributed by atoms with E-state index in [0.29, 0.717) is 6.42 Å². The average Bonchev–Trinajstić information content (AvgIpc) is 2.09. The number of nitrogens with one attached hydrogen (secondary N) is 1. The maximum absolute atomic E-state index is 11.2. The Morgan fingerprint density at radius 2 is 2.07 bits per heavy atom. The highest BCUT2D eigenvalue weighted by Crippen LogP contribution is 2.07. The number of hydrogen-bond donors (Lipinski definition) is 1. The fourth-order valence-corrected chi connectivity index (χ4v) is 0.828. The quantitative estimate of drug-likeness (QED) is 0.766. The maximum Gasteiger partial charge on any atom is 0.408 e. The monoisotopic (exact) mass is 209 g/mol. The van der Waals surface area contributed by atoms with Crippen molar-refractivity contribution in [2.24, 2.45) is 0 Å². The summed E-state index contributed by atoms with van der Waals surface area (Å²) in [5.74, 6) is 0. The molecular weight excluding hydrogens is 194 g/mol. The molecule has 5 heteroatoms. The molecule has 0 rings (SSSR count). The summed E-state index contributed by atoms with van der Waals surface area (Å²) >= 11 is 0. The molecule has 5 nitrogen and oxygen atoms in total. The highest BCUT2D eigenvalue weighted by Gasteiger charge is 2.18. The van der Waals surface area contributed by atoms with Gasteiger partial charge < -0.3 is 10.1 Å². The molecule has 0 saturated heterocycles. The van der Waals surface area contributed by atoms with Crippen molar-refractivity contribution in [1.82, 2.24) is 5.32 Å². The molecule has 0 aromatic carbocycles. The molecule has 1 atom stereocenters. The van der Waals surface area contributed by atoms with E-state index in [1.54, 1.807) is 20.8 Å². The van der Waals surface area contributed by atoms with E-state index in [1.165, 1.54) is 0 Å². The molecule has 0 saturated carbocycles. The number of carbonyl (C=O) groups excluding carboxylic acids is 1. The predicted molar refractivity (Wildman–Crippen MR) is 53.6 cm³/mol. The molecule has 15 heavy (non-hydrogen) atoms. The Labute approximate surface area is 89.6 Å². The van der Waals surface area contributed by atoms with Crippen molar-refractivity contribution < 1.29 is 9.53 Å². The van der Waals surface area contributed by atoms with Crippen LogP contribution in [0.1, 0.15) is 33.6 Å². The lowest BCUT2D eigenvalue weighted by Gasteiger charge is -2.20. The third-order valence-corrected chi connectivity index (χ3v) is 1.39. The number of nitriles is 2. The number of alkyl carbamates (subject to hydrolysis) is 1. The summed E-state index contributed by atoms with van der Waals surface area (Å²) < 4.78 is 4.97. The first kappa shape index (κ1) is 13.2. The number of hydrogen-bond acceptors (Lipinski definition) is 4. The second kappa shape index (κ2) is 5.87. The Balaban J connectivity index is 4.05. The van der Waals surface area contributed by atoms with Crippen molar-refractivity contribution in [2.75, 3.05) is 0 Å². The van der Waals surface area contributed by atoms with E-state index in [0.717, 1.165) is 0 Å². The lowest BCUT2D eigenvalue weighted by Crippen LogP contribution is -2.38. The van der Waals surface area contributed by atoms with Gasteiger partial charge in [0, 0.05) is 6.42 Å². The summed E-state index contributed by atoms with van der Waals surface area (Å²) in [6.07, 6.45) is -0.0905.